The topological polar surface area (TPSA) is 3.24 Å². The van der Waals surface area contributed by atoms with E-state index in [1.165, 1.54) is 77.9 Å². The van der Waals surface area contributed by atoms with E-state index in [-0.39, 0.29) is 5.92 Å². The lowest BCUT2D eigenvalue weighted by Gasteiger charge is -2.26. The van der Waals surface area contributed by atoms with Crippen LogP contribution in [0.25, 0.3) is 36.5 Å². The molecule has 8 aromatic carbocycles. The van der Waals surface area contributed by atoms with Crippen LogP contribution in [0.4, 0.5) is 17.1 Å². The molecule has 0 radical (unpaired) electrons. The molecule has 0 heterocycles. The summed E-state index contributed by atoms with van der Waals surface area (Å²) in [6.07, 6.45) is 13.1. The highest BCUT2D eigenvalue weighted by Crippen LogP contribution is 2.36. The maximum Gasteiger partial charge on any atom is 0.0464 e. The van der Waals surface area contributed by atoms with Crippen molar-refractivity contribution in [1.29, 1.82) is 0 Å². The van der Waals surface area contributed by atoms with Crippen molar-refractivity contribution in [2.24, 2.45) is 0 Å². The molecule has 0 aliphatic rings. The zero-order chi connectivity index (χ0) is 43.0. The molecule has 0 aliphatic carbocycles. The van der Waals surface area contributed by atoms with Gasteiger partial charge in [0.1, 0.15) is 0 Å². The fourth-order valence-electron chi connectivity index (χ4n) is 7.83. The van der Waals surface area contributed by atoms with E-state index in [1.54, 1.807) is 0 Å². The predicted molar refractivity (Wildman–Crippen MR) is 269 cm³/mol. The Morgan fingerprint density at radius 1 is 0.274 bits per heavy atom. The second-order valence-electron chi connectivity index (χ2n) is 16.7. The van der Waals surface area contributed by atoms with Crippen LogP contribution in [-0.2, 0) is 0 Å². The van der Waals surface area contributed by atoms with Crippen molar-refractivity contribution in [3.63, 3.8) is 0 Å². The standard InChI is InChI=1S/C61H55N/c1-43-7-31-55(32-8-43)61(57-33-11-45(3)47(5)41-57)56-34-27-53(28-35-56)25-23-51-19-15-49(16-20-51)13-14-50-17-21-52(22-18-50)24-26-54-29-39-59(40-30-54)62(58-36-9-44(2)10-37-58)60-38-12-46(4)48(6)42-60/h7-42,61H,1-6H3/b14-13+,25-23+,26-24+. The first-order valence-electron chi connectivity index (χ1n) is 21.7. The van der Waals surface area contributed by atoms with E-state index in [2.05, 4.69) is 265 Å². The molecule has 0 N–H and O–H groups in total. The predicted octanol–water partition coefficient (Wildman–Crippen LogP) is 16.7. The normalized spacial score (nSPS) is 12.1. The molecule has 304 valence electrons. The van der Waals surface area contributed by atoms with Gasteiger partial charge in [0.2, 0.25) is 0 Å². The zero-order valence-corrected chi connectivity index (χ0v) is 36.8. The Kier molecular flexibility index (Phi) is 12.7. The van der Waals surface area contributed by atoms with E-state index in [1.807, 2.05) is 0 Å². The van der Waals surface area contributed by atoms with E-state index >= 15 is 0 Å². The van der Waals surface area contributed by atoms with Crippen LogP contribution in [0.1, 0.15) is 89.4 Å². The van der Waals surface area contributed by atoms with Crippen LogP contribution >= 0.6 is 0 Å². The largest absolute Gasteiger partial charge is 0.310 e. The summed E-state index contributed by atoms with van der Waals surface area (Å²) in [4.78, 5) is 2.33. The van der Waals surface area contributed by atoms with Gasteiger partial charge in [-0.1, -0.05) is 193 Å². The van der Waals surface area contributed by atoms with Crippen molar-refractivity contribution in [3.8, 4) is 0 Å². The molecule has 0 aliphatic heterocycles. The minimum absolute atomic E-state index is 0.190. The quantitative estimate of drug-likeness (QED) is 0.0879. The molecule has 1 heteroatoms. The zero-order valence-electron chi connectivity index (χ0n) is 36.8. The van der Waals surface area contributed by atoms with Gasteiger partial charge in [-0.2, -0.15) is 0 Å². The first-order chi connectivity index (χ1) is 30.1. The van der Waals surface area contributed by atoms with Crippen molar-refractivity contribution in [1.82, 2.24) is 0 Å². The first-order valence-corrected chi connectivity index (χ1v) is 21.7. The number of hydrogen-bond donors (Lipinski definition) is 0. The maximum atomic E-state index is 2.34. The van der Waals surface area contributed by atoms with E-state index in [4.69, 9.17) is 0 Å². The molecule has 62 heavy (non-hydrogen) atoms. The van der Waals surface area contributed by atoms with Crippen molar-refractivity contribution in [2.45, 2.75) is 47.5 Å². The average Bonchev–Trinajstić information content (AvgIpc) is 3.29. The number of hydrogen-bond acceptors (Lipinski definition) is 1. The number of rotatable bonds is 12. The summed E-state index contributed by atoms with van der Waals surface area (Å²) in [6, 6.07) is 66.5. The van der Waals surface area contributed by atoms with Gasteiger partial charge in [0, 0.05) is 23.0 Å². The third-order valence-corrected chi connectivity index (χ3v) is 12.0. The van der Waals surface area contributed by atoms with Crippen molar-refractivity contribution in [3.05, 3.63) is 265 Å². The number of benzene rings is 8. The molecule has 1 atom stereocenters. The summed E-state index contributed by atoms with van der Waals surface area (Å²) in [5.41, 5.74) is 22.2. The van der Waals surface area contributed by atoms with Gasteiger partial charge in [-0.25, -0.2) is 0 Å². The maximum absolute atomic E-state index is 2.34. The Hall–Kier alpha value is -7.22. The van der Waals surface area contributed by atoms with Crippen molar-refractivity contribution >= 4 is 53.5 Å². The Morgan fingerprint density at radius 2 is 0.565 bits per heavy atom. The van der Waals surface area contributed by atoms with E-state index in [9.17, 15) is 0 Å². The molecular formula is C61H55N. The molecule has 0 saturated carbocycles. The second-order valence-corrected chi connectivity index (χ2v) is 16.7. The van der Waals surface area contributed by atoms with Gasteiger partial charge in [0.15, 0.2) is 0 Å². The molecule has 0 fully saturated rings. The van der Waals surface area contributed by atoms with Gasteiger partial charge >= 0.3 is 0 Å². The lowest BCUT2D eigenvalue weighted by molar-refractivity contribution is 0.970. The summed E-state index contributed by atoms with van der Waals surface area (Å²) in [5.74, 6) is 0.190. The van der Waals surface area contributed by atoms with E-state index in [0.717, 1.165) is 22.6 Å². The van der Waals surface area contributed by atoms with Gasteiger partial charge in [-0.3, -0.25) is 0 Å². The van der Waals surface area contributed by atoms with Crippen molar-refractivity contribution < 1.29 is 0 Å². The Balaban J connectivity index is 0.882. The van der Waals surface area contributed by atoms with E-state index < -0.39 is 0 Å². The molecule has 1 nitrogen and oxygen atoms in total. The van der Waals surface area contributed by atoms with Crippen LogP contribution < -0.4 is 4.90 Å². The minimum Gasteiger partial charge on any atom is -0.310 e. The van der Waals surface area contributed by atoms with Gasteiger partial charge in [0.05, 0.1) is 0 Å². The third kappa shape index (κ3) is 10.2. The molecule has 0 spiro atoms. The lowest BCUT2D eigenvalue weighted by Crippen LogP contribution is -2.10. The summed E-state index contributed by atoms with van der Waals surface area (Å²) in [6.45, 7) is 13.0. The third-order valence-electron chi connectivity index (χ3n) is 12.0. The Morgan fingerprint density at radius 3 is 0.968 bits per heavy atom. The fourth-order valence-corrected chi connectivity index (χ4v) is 7.83. The minimum atomic E-state index is 0.190. The highest BCUT2D eigenvalue weighted by atomic mass is 15.1. The highest BCUT2D eigenvalue weighted by molar-refractivity contribution is 5.79. The number of nitrogens with zero attached hydrogens (tertiary/aromatic N) is 1. The van der Waals surface area contributed by atoms with Crippen LogP contribution in [0.3, 0.4) is 0 Å². The highest BCUT2D eigenvalue weighted by Gasteiger charge is 2.18. The number of anilines is 3. The van der Waals surface area contributed by atoms with Crippen LogP contribution in [0.15, 0.2) is 182 Å². The monoisotopic (exact) mass is 801 g/mol. The Labute approximate surface area is 369 Å². The number of aryl methyl sites for hydroxylation is 6. The molecule has 0 aromatic heterocycles. The van der Waals surface area contributed by atoms with Crippen LogP contribution in [0.2, 0.25) is 0 Å². The second kappa shape index (κ2) is 19.0. The van der Waals surface area contributed by atoms with Crippen molar-refractivity contribution in [2.75, 3.05) is 4.90 Å². The van der Waals surface area contributed by atoms with Crippen LogP contribution in [0, 0.1) is 41.5 Å². The smallest absolute Gasteiger partial charge is 0.0464 e. The van der Waals surface area contributed by atoms with Crippen LogP contribution in [-0.4, -0.2) is 0 Å². The molecule has 1 unspecified atom stereocenters. The van der Waals surface area contributed by atoms with Crippen LogP contribution in [0.5, 0.6) is 0 Å². The molecule has 0 saturated heterocycles. The fraction of sp³-hybridized carbons (Fsp3) is 0.115. The molecule has 8 aromatic rings. The average molecular weight is 802 g/mol. The molecule has 0 bridgehead atoms. The van der Waals surface area contributed by atoms with Gasteiger partial charge in [0.25, 0.3) is 0 Å². The summed E-state index contributed by atoms with van der Waals surface area (Å²) >= 11 is 0. The SMILES string of the molecule is Cc1ccc(C(c2ccc(/C=C/c3ccc(/C=C/c4ccc(/C=C/c5ccc(N(c6ccc(C)cc6)c6ccc(C)c(C)c6)cc5)cc4)cc3)cc2)c2ccc(C)c(C)c2)cc1. The van der Waals surface area contributed by atoms with Gasteiger partial charge < -0.3 is 4.90 Å². The summed E-state index contributed by atoms with van der Waals surface area (Å²) < 4.78 is 0. The van der Waals surface area contributed by atoms with E-state index in [0.29, 0.717) is 0 Å². The molecule has 0 amide bonds. The van der Waals surface area contributed by atoms with Gasteiger partial charge in [-0.15, -0.1) is 0 Å². The van der Waals surface area contributed by atoms with Gasteiger partial charge in [-0.05, 0) is 150 Å². The summed E-state index contributed by atoms with van der Waals surface area (Å²) in [7, 11) is 0. The molecule has 8 rings (SSSR count). The first kappa shape index (κ1) is 41.5. The summed E-state index contributed by atoms with van der Waals surface area (Å²) in [5, 5.41) is 0. The molecular weight excluding hydrogens is 747 g/mol. The Bertz CT molecular complexity index is 2640. The lowest BCUT2D eigenvalue weighted by atomic mass is 9.83.